The smallest absolute Gasteiger partial charge is 0.270 e. The molecule has 0 fully saturated rings. The molecule has 0 aliphatic heterocycles. The molecule has 4 aromatic rings. The molecule has 0 unspecified atom stereocenters. The van der Waals surface area contributed by atoms with E-state index in [9.17, 15) is 15.2 Å². The van der Waals surface area contributed by atoms with Gasteiger partial charge in [0.2, 0.25) is 0 Å². The van der Waals surface area contributed by atoms with Crippen molar-refractivity contribution in [1.29, 1.82) is 0 Å². The SMILES string of the molecule is CN(C)Cc1ccc(N=C(c2ccc(Cl)cc2)c2c(O)[nH]c3ccc([N+](=O)[O-])cc23)cc1. The molecule has 32 heavy (non-hydrogen) atoms. The Balaban J connectivity index is 1.90. The van der Waals surface area contributed by atoms with Crippen LogP contribution in [0.1, 0.15) is 16.7 Å². The Labute approximate surface area is 189 Å². The standard InChI is InChI=1S/C24H21ClN4O3/c1-28(2)14-15-3-9-18(10-4-15)26-23(16-5-7-17(25)8-6-16)22-20-13-19(29(31)32)11-12-21(20)27-24(22)30/h3-13,27,30H,14H2,1-2H3. The van der Waals surface area contributed by atoms with Crippen molar-refractivity contribution < 1.29 is 10.0 Å². The highest BCUT2D eigenvalue weighted by Gasteiger charge is 2.21. The fraction of sp³-hybridized carbons (Fsp3) is 0.125. The van der Waals surface area contributed by atoms with Crippen LogP contribution in [0.3, 0.4) is 0 Å². The molecule has 3 aromatic carbocycles. The van der Waals surface area contributed by atoms with Gasteiger partial charge in [-0.3, -0.25) is 10.1 Å². The Kier molecular flexibility index (Phi) is 5.94. The number of nitro groups is 1. The molecule has 162 valence electrons. The van der Waals surface area contributed by atoms with E-state index >= 15 is 0 Å². The fourth-order valence-electron chi connectivity index (χ4n) is 3.56. The molecule has 0 bridgehead atoms. The quantitative estimate of drug-likeness (QED) is 0.226. The number of hydrogen-bond donors (Lipinski definition) is 2. The van der Waals surface area contributed by atoms with Gasteiger partial charge in [-0.05, 0) is 50.0 Å². The number of nitro benzene ring substituents is 1. The lowest BCUT2D eigenvalue weighted by Crippen LogP contribution is -2.10. The number of aromatic hydroxyl groups is 1. The van der Waals surface area contributed by atoms with Crippen LogP contribution in [0.25, 0.3) is 10.9 Å². The third-order valence-corrected chi connectivity index (χ3v) is 5.26. The minimum absolute atomic E-state index is 0.0683. The van der Waals surface area contributed by atoms with Crippen molar-refractivity contribution >= 4 is 39.6 Å². The number of aliphatic imine (C=N–C) groups is 1. The largest absolute Gasteiger partial charge is 0.494 e. The summed E-state index contributed by atoms with van der Waals surface area (Å²) in [6.45, 7) is 0.806. The van der Waals surface area contributed by atoms with Crippen molar-refractivity contribution in [3.63, 3.8) is 0 Å². The zero-order valence-electron chi connectivity index (χ0n) is 17.5. The second kappa shape index (κ2) is 8.82. The third-order valence-electron chi connectivity index (χ3n) is 5.00. The summed E-state index contributed by atoms with van der Waals surface area (Å²) < 4.78 is 0. The second-order valence-electron chi connectivity index (χ2n) is 7.71. The first-order chi connectivity index (χ1) is 15.3. The summed E-state index contributed by atoms with van der Waals surface area (Å²) in [6, 6.07) is 19.3. The zero-order chi connectivity index (χ0) is 22.8. The van der Waals surface area contributed by atoms with Crippen LogP contribution in [-0.4, -0.2) is 39.7 Å². The average Bonchev–Trinajstić information content (AvgIpc) is 3.08. The number of nitrogens with one attached hydrogen (secondary N) is 1. The lowest BCUT2D eigenvalue weighted by molar-refractivity contribution is -0.384. The van der Waals surface area contributed by atoms with Crippen molar-refractivity contribution in [2.24, 2.45) is 4.99 Å². The van der Waals surface area contributed by atoms with Crippen LogP contribution < -0.4 is 0 Å². The molecule has 0 aliphatic rings. The zero-order valence-corrected chi connectivity index (χ0v) is 18.3. The van der Waals surface area contributed by atoms with Gasteiger partial charge < -0.3 is 15.0 Å². The van der Waals surface area contributed by atoms with Crippen LogP contribution in [0.5, 0.6) is 5.88 Å². The first-order valence-electron chi connectivity index (χ1n) is 9.89. The Morgan fingerprint density at radius 1 is 1.09 bits per heavy atom. The number of hydrogen-bond acceptors (Lipinski definition) is 5. The van der Waals surface area contributed by atoms with Gasteiger partial charge in [-0.2, -0.15) is 0 Å². The summed E-state index contributed by atoms with van der Waals surface area (Å²) >= 11 is 6.07. The van der Waals surface area contributed by atoms with Crippen LogP contribution >= 0.6 is 11.6 Å². The molecule has 1 heterocycles. The summed E-state index contributed by atoms with van der Waals surface area (Å²) in [5.41, 5.74) is 3.93. The first-order valence-corrected chi connectivity index (χ1v) is 10.3. The van der Waals surface area contributed by atoms with E-state index in [4.69, 9.17) is 16.6 Å². The first kappa shape index (κ1) is 21.5. The molecule has 2 N–H and O–H groups in total. The van der Waals surface area contributed by atoms with Gasteiger partial charge in [0.1, 0.15) is 0 Å². The highest BCUT2D eigenvalue weighted by atomic mass is 35.5. The van der Waals surface area contributed by atoms with Crippen molar-refractivity contribution in [2.45, 2.75) is 6.54 Å². The van der Waals surface area contributed by atoms with Crippen molar-refractivity contribution in [2.75, 3.05) is 14.1 Å². The molecular weight excluding hydrogens is 428 g/mol. The fourth-order valence-corrected chi connectivity index (χ4v) is 3.69. The molecule has 0 amide bonds. The number of nitrogens with zero attached hydrogens (tertiary/aromatic N) is 3. The Morgan fingerprint density at radius 3 is 2.41 bits per heavy atom. The number of aromatic nitrogens is 1. The third kappa shape index (κ3) is 4.49. The second-order valence-corrected chi connectivity index (χ2v) is 8.14. The summed E-state index contributed by atoms with van der Waals surface area (Å²) in [5.74, 6) is -0.113. The summed E-state index contributed by atoms with van der Waals surface area (Å²) in [7, 11) is 4.01. The van der Waals surface area contributed by atoms with Gasteiger partial charge in [0.05, 0.1) is 21.9 Å². The highest BCUT2D eigenvalue weighted by Crippen LogP contribution is 2.34. The van der Waals surface area contributed by atoms with E-state index in [1.54, 1.807) is 30.3 Å². The van der Waals surface area contributed by atoms with Crippen LogP contribution in [0.2, 0.25) is 5.02 Å². The van der Waals surface area contributed by atoms with Crippen molar-refractivity contribution in [1.82, 2.24) is 9.88 Å². The molecule has 1 aromatic heterocycles. The topological polar surface area (TPSA) is 94.8 Å². The van der Waals surface area contributed by atoms with E-state index < -0.39 is 4.92 Å². The minimum Gasteiger partial charge on any atom is -0.494 e. The van der Waals surface area contributed by atoms with Gasteiger partial charge in [-0.15, -0.1) is 0 Å². The predicted octanol–water partition coefficient (Wildman–Crippen LogP) is 5.67. The number of rotatable bonds is 6. The monoisotopic (exact) mass is 448 g/mol. The van der Waals surface area contributed by atoms with E-state index in [0.717, 1.165) is 17.7 Å². The normalized spacial score (nSPS) is 11.9. The minimum atomic E-state index is -0.462. The Hall–Kier alpha value is -3.68. The van der Waals surface area contributed by atoms with Gasteiger partial charge in [-0.1, -0.05) is 35.9 Å². The maximum atomic E-state index is 11.3. The van der Waals surface area contributed by atoms with Gasteiger partial charge in [0, 0.05) is 40.2 Å². The molecule has 7 nitrogen and oxygen atoms in total. The molecule has 0 aliphatic carbocycles. The maximum Gasteiger partial charge on any atom is 0.270 e. The molecule has 0 saturated heterocycles. The van der Waals surface area contributed by atoms with Crippen LogP contribution in [0, 0.1) is 10.1 Å². The van der Waals surface area contributed by atoms with E-state index in [-0.39, 0.29) is 11.6 Å². The van der Waals surface area contributed by atoms with Gasteiger partial charge in [0.15, 0.2) is 5.88 Å². The van der Waals surface area contributed by atoms with E-state index in [1.807, 2.05) is 38.4 Å². The summed E-state index contributed by atoms with van der Waals surface area (Å²) in [4.78, 5) is 20.6. The van der Waals surface area contributed by atoms with Gasteiger partial charge in [0.25, 0.3) is 5.69 Å². The van der Waals surface area contributed by atoms with Crippen molar-refractivity contribution in [3.8, 4) is 5.88 Å². The van der Waals surface area contributed by atoms with E-state index in [0.29, 0.717) is 32.9 Å². The molecule has 4 rings (SSSR count). The summed E-state index contributed by atoms with van der Waals surface area (Å²) in [5, 5.41) is 23.1. The average molecular weight is 449 g/mol. The molecule has 0 radical (unpaired) electrons. The van der Waals surface area contributed by atoms with Crippen LogP contribution in [-0.2, 0) is 6.54 Å². The lowest BCUT2D eigenvalue weighted by Gasteiger charge is -2.10. The molecule has 0 atom stereocenters. The number of non-ortho nitro benzene ring substituents is 1. The summed E-state index contributed by atoms with van der Waals surface area (Å²) in [6.07, 6.45) is 0. The molecule has 8 heteroatoms. The molecule has 0 saturated carbocycles. The Morgan fingerprint density at radius 2 is 1.78 bits per heavy atom. The number of halogens is 1. The predicted molar refractivity (Wildman–Crippen MR) is 127 cm³/mol. The van der Waals surface area contributed by atoms with Crippen LogP contribution in [0.15, 0.2) is 71.7 Å². The lowest BCUT2D eigenvalue weighted by atomic mass is 10.0. The molecular formula is C24H21ClN4O3. The number of benzene rings is 3. The van der Waals surface area contributed by atoms with Gasteiger partial charge >= 0.3 is 0 Å². The van der Waals surface area contributed by atoms with E-state index in [2.05, 4.69) is 9.88 Å². The highest BCUT2D eigenvalue weighted by molar-refractivity contribution is 6.31. The number of H-pyrrole nitrogens is 1. The number of fused-ring (bicyclic) bond motifs is 1. The van der Waals surface area contributed by atoms with E-state index in [1.165, 1.54) is 12.1 Å². The van der Waals surface area contributed by atoms with Crippen molar-refractivity contribution in [3.05, 3.63) is 98.6 Å². The Bertz CT molecular complexity index is 1310. The maximum absolute atomic E-state index is 11.3. The molecule has 0 spiro atoms. The number of aromatic amines is 1. The van der Waals surface area contributed by atoms with Crippen LogP contribution in [0.4, 0.5) is 11.4 Å². The van der Waals surface area contributed by atoms with Gasteiger partial charge in [-0.25, -0.2) is 4.99 Å².